The van der Waals surface area contributed by atoms with Gasteiger partial charge in [-0.1, -0.05) is 29.3 Å². The molecular weight excluding hydrogens is 432 g/mol. The maximum absolute atomic E-state index is 13.4. The predicted octanol–water partition coefficient (Wildman–Crippen LogP) is 3.84. The van der Waals surface area contributed by atoms with Gasteiger partial charge in [0.25, 0.3) is 0 Å². The SMILES string of the molecule is O=S(=O)(c1cccc(F)c1)N1CCN(C(=S)Nc2cc(Cl)cc(Cl)c2)CC1. The van der Waals surface area contributed by atoms with Crippen molar-refractivity contribution in [3.63, 3.8) is 0 Å². The maximum Gasteiger partial charge on any atom is 0.243 e. The molecule has 2 aromatic rings. The Kier molecular flexibility index (Phi) is 6.22. The molecule has 0 amide bonds. The van der Waals surface area contributed by atoms with Gasteiger partial charge < -0.3 is 10.2 Å². The third-order valence-electron chi connectivity index (χ3n) is 4.07. The molecule has 0 unspecified atom stereocenters. The van der Waals surface area contributed by atoms with Crippen LogP contribution in [0.5, 0.6) is 0 Å². The van der Waals surface area contributed by atoms with Gasteiger partial charge >= 0.3 is 0 Å². The number of anilines is 1. The molecule has 3 rings (SSSR count). The van der Waals surface area contributed by atoms with Gasteiger partial charge in [-0.05, 0) is 48.6 Å². The molecule has 144 valence electrons. The first-order valence-corrected chi connectivity index (χ1v) is 10.6. The number of nitrogens with zero attached hydrogens (tertiary/aromatic N) is 2. The zero-order chi connectivity index (χ0) is 19.6. The lowest BCUT2D eigenvalue weighted by atomic mass is 10.3. The van der Waals surface area contributed by atoms with Crippen molar-refractivity contribution < 1.29 is 12.8 Å². The van der Waals surface area contributed by atoms with Gasteiger partial charge in [-0.15, -0.1) is 0 Å². The fourth-order valence-electron chi connectivity index (χ4n) is 2.74. The topological polar surface area (TPSA) is 52.7 Å². The third-order valence-corrected chi connectivity index (χ3v) is 6.76. The quantitative estimate of drug-likeness (QED) is 0.724. The molecule has 0 bridgehead atoms. The second kappa shape index (κ2) is 8.28. The number of rotatable bonds is 3. The highest BCUT2D eigenvalue weighted by Gasteiger charge is 2.29. The summed E-state index contributed by atoms with van der Waals surface area (Å²) in [4.78, 5) is 1.81. The predicted molar refractivity (Wildman–Crippen MR) is 109 cm³/mol. The van der Waals surface area contributed by atoms with E-state index in [-0.39, 0.29) is 18.0 Å². The van der Waals surface area contributed by atoms with Crippen LogP contribution >= 0.6 is 35.4 Å². The molecular formula is C17H16Cl2FN3O2S2. The molecule has 1 N–H and O–H groups in total. The first-order chi connectivity index (χ1) is 12.8. The second-order valence-electron chi connectivity index (χ2n) is 5.94. The van der Waals surface area contributed by atoms with E-state index in [4.69, 9.17) is 35.4 Å². The van der Waals surface area contributed by atoms with E-state index >= 15 is 0 Å². The number of thiocarbonyl (C=S) groups is 1. The number of nitrogens with one attached hydrogen (secondary N) is 1. The van der Waals surface area contributed by atoms with Crippen LogP contribution in [-0.2, 0) is 10.0 Å². The molecule has 1 heterocycles. The molecule has 5 nitrogen and oxygen atoms in total. The minimum atomic E-state index is -3.74. The number of sulfonamides is 1. The van der Waals surface area contributed by atoms with Crippen LogP contribution < -0.4 is 5.32 Å². The highest BCUT2D eigenvalue weighted by atomic mass is 35.5. The van der Waals surface area contributed by atoms with Crippen LogP contribution in [0.3, 0.4) is 0 Å². The Balaban J connectivity index is 1.63. The van der Waals surface area contributed by atoms with Crippen molar-refractivity contribution in [2.75, 3.05) is 31.5 Å². The number of hydrogen-bond acceptors (Lipinski definition) is 3. The van der Waals surface area contributed by atoms with Gasteiger partial charge in [0, 0.05) is 41.9 Å². The molecule has 0 spiro atoms. The van der Waals surface area contributed by atoms with E-state index in [1.165, 1.54) is 22.5 Å². The summed E-state index contributed by atoms with van der Waals surface area (Å²) in [6.45, 7) is 1.32. The molecule has 0 aliphatic carbocycles. The second-order valence-corrected chi connectivity index (χ2v) is 9.13. The average Bonchev–Trinajstić information content (AvgIpc) is 2.61. The van der Waals surface area contributed by atoms with Gasteiger partial charge in [0.05, 0.1) is 4.90 Å². The van der Waals surface area contributed by atoms with E-state index in [0.29, 0.717) is 33.9 Å². The lowest BCUT2D eigenvalue weighted by molar-refractivity contribution is 0.268. The lowest BCUT2D eigenvalue weighted by Crippen LogP contribution is -2.51. The van der Waals surface area contributed by atoms with E-state index in [0.717, 1.165) is 6.07 Å². The zero-order valence-corrected chi connectivity index (χ0v) is 17.2. The fourth-order valence-corrected chi connectivity index (χ4v) is 5.02. The summed E-state index contributed by atoms with van der Waals surface area (Å²) >= 11 is 17.3. The number of benzene rings is 2. The maximum atomic E-state index is 13.4. The van der Waals surface area contributed by atoms with Gasteiger partial charge in [-0.2, -0.15) is 4.31 Å². The molecule has 0 aromatic heterocycles. The van der Waals surface area contributed by atoms with Crippen molar-refractivity contribution in [2.45, 2.75) is 4.90 Å². The highest BCUT2D eigenvalue weighted by Crippen LogP contribution is 2.23. The first-order valence-electron chi connectivity index (χ1n) is 8.03. The van der Waals surface area contributed by atoms with Gasteiger partial charge in [0.15, 0.2) is 5.11 Å². The Labute approximate surface area is 172 Å². The third kappa shape index (κ3) is 4.89. The molecule has 10 heteroatoms. The molecule has 1 aliphatic heterocycles. The number of piperazine rings is 1. The molecule has 27 heavy (non-hydrogen) atoms. The van der Waals surface area contributed by atoms with Crippen LogP contribution in [0.4, 0.5) is 10.1 Å². The largest absolute Gasteiger partial charge is 0.346 e. The first kappa shape index (κ1) is 20.3. The van der Waals surface area contributed by atoms with E-state index in [1.54, 1.807) is 18.2 Å². The van der Waals surface area contributed by atoms with Gasteiger partial charge in [0.1, 0.15) is 5.82 Å². The highest BCUT2D eigenvalue weighted by molar-refractivity contribution is 7.89. The van der Waals surface area contributed by atoms with Crippen molar-refractivity contribution in [2.24, 2.45) is 0 Å². The Hall–Kier alpha value is -1.45. The van der Waals surface area contributed by atoms with Crippen molar-refractivity contribution in [3.05, 3.63) is 58.3 Å². The minimum absolute atomic E-state index is 0.0507. The number of halogens is 3. The van der Waals surface area contributed by atoms with Gasteiger partial charge in [-0.3, -0.25) is 0 Å². The summed E-state index contributed by atoms with van der Waals surface area (Å²) in [6.07, 6.45) is 0. The monoisotopic (exact) mass is 447 g/mol. The summed E-state index contributed by atoms with van der Waals surface area (Å²) in [5.74, 6) is -0.583. The van der Waals surface area contributed by atoms with E-state index in [9.17, 15) is 12.8 Å². The van der Waals surface area contributed by atoms with Crippen LogP contribution in [0.15, 0.2) is 47.4 Å². The molecule has 1 aliphatic rings. The smallest absolute Gasteiger partial charge is 0.243 e. The molecule has 2 aromatic carbocycles. The van der Waals surface area contributed by atoms with Crippen LogP contribution in [0.2, 0.25) is 10.0 Å². The molecule has 0 atom stereocenters. The molecule has 1 saturated heterocycles. The summed E-state index contributed by atoms with van der Waals surface area (Å²) in [5.41, 5.74) is 0.660. The van der Waals surface area contributed by atoms with Crippen molar-refractivity contribution >= 4 is 56.2 Å². The standard InChI is InChI=1S/C17H16Cl2FN3O2S2/c18-12-8-13(19)10-15(9-12)21-17(26)22-4-6-23(7-5-22)27(24,25)16-3-1-2-14(20)11-16/h1-3,8-11H,4-7H2,(H,21,26). The van der Waals surface area contributed by atoms with E-state index < -0.39 is 15.8 Å². The Morgan fingerprint density at radius 1 is 1.04 bits per heavy atom. The summed E-state index contributed by atoms with van der Waals surface area (Å²) in [5, 5.41) is 4.48. The summed E-state index contributed by atoms with van der Waals surface area (Å²) in [7, 11) is -3.74. The fraction of sp³-hybridized carbons (Fsp3) is 0.235. The van der Waals surface area contributed by atoms with E-state index in [2.05, 4.69) is 5.32 Å². The van der Waals surface area contributed by atoms with Crippen LogP contribution in [-0.4, -0.2) is 48.9 Å². The van der Waals surface area contributed by atoms with Crippen molar-refractivity contribution in [1.82, 2.24) is 9.21 Å². The lowest BCUT2D eigenvalue weighted by Gasteiger charge is -2.35. The molecule has 1 fully saturated rings. The van der Waals surface area contributed by atoms with Crippen molar-refractivity contribution in [3.8, 4) is 0 Å². The minimum Gasteiger partial charge on any atom is -0.346 e. The normalized spacial score (nSPS) is 15.6. The van der Waals surface area contributed by atoms with Crippen LogP contribution in [0.1, 0.15) is 0 Å². The van der Waals surface area contributed by atoms with Gasteiger partial charge in [0.2, 0.25) is 10.0 Å². The van der Waals surface area contributed by atoms with E-state index in [1.807, 2.05) is 4.90 Å². The van der Waals surface area contributed by atoms with Crippen LogP contribution in [0.25, 0.3) is 0 Å². The van der Waals surface area contributed by atoms with Crippen molar-refractivity contribution in [1.29, 1.82) is 0 Å². The molecule has 0 radical (unpaired) electrons. The van der Waals surface area contributed by atoms with Gasteiger partial charge in [-0.25, -0.2) is 12.8 Å². The summed E-state index contributed by atoms with van der Waals surface area (Å²) in [6, 6.07) is 10.0. The Bertz CT molecular complexity index is 944. The molecule has 0 saturated carbocycles. The average molecular weight is 448 g/mol. The summed E-state index contributed by atoms with van der Waals surface area (Å²) < 4.78 is 40.0. The Morgan fingerprint density at radius 2 is 1.67 bits per heavy atom. The number of hydrogen-bond donors (Lipinski definition) is 1. The van der Waals surface area contributed by atoms with Crippen LogP contribution in [0, 0.1) is 5.82 Å². The Morgan fingerprint density at radius 3 is 2.26 bits per heavy atom. The zero-order valence-electron chi connectivity index (χ0n) is 14.0.